The zero-order valence-electron chi connectivity index (χ0n) is 14.1. The maximum atomic E-state index is 6.27. The van der Waals surface area contributed by atoms with E-state index in [-0.39, 0.29) is 12.1 Å². The van der Waals surface area contributed by atoms with Gasteiger partial charge in [0.1, 0.15) is 0 Å². The van der Waals surface area contributed by atoms with Gasteiger partial charge in [0.2, 0.25) is 0 Å². The van der Waals surface area contributed by atoms with E-state index in [2.05, 4.69) is 45.0 Å². The molecule has 0 spiro atoms. The van der Waals surface area contributed by atoms with Crippen molar-refractivity contribution in [1.29, 1.82) is 0 Å². The summed E-state index contributed by atoms with van der Waals surface area (Å²) in [6.45, 7) is 7.34. The zero-order valence-corrected chi connectivity index (χ0v) is 14.1. The van der Waals surface area contributed by atoms with E-state index in [1.807, 2.05) is 0 Å². The first-order valence-electron chi connectivity index (χ1n) is 8.63. The Morgan fingerprint density at radius 2 is 1.67 bits per heavy atom. The van der Waals surface area contributed by atoms with Crippen LogP contribution in [0, 0.1) is 6.92 Å². The van der Waals surface area contributed by atoms with Gasteiger partial charge in [-0.3, -0.25) is 0 Å². The second-order valence-electron chi connectivity index (χ2n) is 5.99. The third kappa shape index (κ3) is 6.62. The quantitative estimate of drug-likeness (QED) is 0.572. The Balaban J connectivity index is 2.43. The minimum Gasteiger partial charge on any atom is -0.372 e. The summed E-state index contributed by atoms with van der Waals surface area (Å²) in [7, 11) is 0. The van der Waals surface area contributed by atoms with E-state index in [0.717, 1.165) is 19.4 Å². The molecule has 120 valence electrons. The fraction of sp³-hybridized carbons (Fsp3) is 0.684. The van der Waals surface area contributed by atoms with Crippen LogP contribution in [0.15, 0.2) is 24.3 Å². The topological polar surface area (TPSA) is 35.2 Å². The second-order valence-corrected chi connectivity index (χ2v) is 5.99. The first kappa shape index (κ1) is 18.2. The molecule has 0 bridgehead atoms. The van der Waals surface area contributed by atoms with Crippen LogP contribution in [-0.4, -0.2) is 12.6 Å². The van der Waals surface area contributed by atoms with Crippen molar-refractivity contribution in [2.45, 2.75) is 77.9 Å². The van der Waals surface area contributed by atoms with Gasteiger partial charge in [0.15, 0.2) is 0 Å². The molecule has 1 rings (SSSR count). The molecule has 0 amide bonds. The van der Waals surface area contributed by atoms with Gasteiger partial charge in [-0.1, -0.05) is 70.2 Å². The second kappa shape index (κ2) is 10.8. The number of ether oxygens (including phenoxy) is 1. The van der Waals surface area contributed by atoms with Crippen LogP contribution in [0.2, 0.25) is 0 Å². The van der Waals surface area contributed by atoms with Gasteiger partial charge in [0.25, 0.3) is 0 Å². The van der Waals surface area contributed by atoms with E-state index in [1.54, 1.807) is 0 Å². The summed E-state index contributed by atoms with van der Waals surface area (Å²) < 4.78 is 6.14. The molecule has 0 saturated heterocycles. The molecule has 1 aromatic carbocycles. The van der Waals surface area contributed by atoms with Gasteiger partial charge in [-0.05, 0) is 30.9 Å². The Bertz CT molecular complexity index is 378. The molecule has 2 atom stereocenters. The van der Waals surface area contributed by atoms with Crippen molar-refractivity contribution < 1.29 is 4.74 Å². The van der Waals surface area contributed by atoms with E-state index in [1.165, 1.54) is 43.2 Å². The minimum atomic E-state index is 0.0341. The number of aryl methyl sites for hydroxylation is 1. The molecular weight excluding hydrogens is 258 g/mol. The molecule has 2 N–H and O–H groups in total. The van der Waals surface area contributed by atoms with Gasteiger partial charge in [0.05, 0.1) is 6.10 Å². The Labute approximate surface area is 131 Å². The molecule has 0 radical (unpaired) electrons. The molecule has 2 heteroatoms. The molecule has 1 aromatic rings. The van der Waals surface area contributed by atoms with Crippen LogP contribution in [-0.2, 0) is 4.74 Å². The maximum Gasteiger partial charge on any atom is 0.0978 e. The Morgan fingerprint density at radius 1 is 1.00 bits per heavy atom. The van der Waals surface area contributed by atoms with Gasteiger partial charge in [0, 0.05) is 12.6 Å². The summed E-state index contributed by atoms with van der Waals surface area (Å²) in [6.07, 6.45) is 8.72. The summed E-state index contributed by atoms with van der Waals surface area (Å²) >= 11 is 0. The van der Waals surface area contributed by atoms with Gasteiger partial charge in [-0.2, -0.15) is 0 Å². The predicted molar refractivity (Wildman–Crippen MR) is 91.5 cm³/mol. The van der Waals surface area contributed by atoms with E-state index in [0.29, 0.717) is 0 Å². The smallest absolute Gasteiger partial charge is 0.0978 e. The number of nitrogens with two attached hydrogens (primary N) is 1. The number of hydrogen-bond acceptors (Lipinski definition) is 2. The molecule has 0 fully saturated rings. The zero-order chi connectivity index (χ0) is 15.5. The lowest BCUT2D eigenvalue weighted by molar-refractivity contribution is 0.0307. The van der Waals surface area contributed by atoms with Crippen molar-refractivity contribution in [2.75, 3.05) is 6.61 Å². The molecule has 21 heavy (non-hydrogen) atoms. The highest BCUT2D eigenvalue weighted by Gasteiger charge is 2.20. The number of rotatable bonds is 11. The summed E-state index contributed by atoms with van der Waals surface area (Å²) in [5.74, 6) is 0. The molecular formula is C19H33NO. The molecule has 0 aromatic heterocycles. The average Bonchev–Trinajstić information content (AvgIpc) is 2.50. The van der Waals surface area contributed by atoms with Crippen LogP contribution in [0.4, 0.5) is 0 Å². The van der Waals surface area contributed by atoms with Crippen molar-refractivity contribution in [3.05, 3.63) is 35.4 Å². The Hall–Kier alpha value is -0.860. The maximum absolute atomic E-state index is 6.27. The van der Waals surface area contributed by atoms with Gasteiger partial charge in [-0.15, -0.1) is 0 Å². The molecule has 0 saturated carbocycles. The largest absolute Gasteiger partial charge is 0.372 e. The van der Waals surface area contributed by atoms with Crippen LogP contribution in [0.1, 0.15) is 76.0 Å². The van der Waals surface area contributed by atoms with Crippen molar-refractivity contribution in [3.63, 3.8) is 0 Å². The third-order valence-corrected chi connectivity index (χ3v) is 4.15. The van der Waals surface area contributed by atoms with Crippen LogP contribution < -0.4 is 5.73 Å². The highest BCUT2D eigenvalue weighted by molar-refractivity contribution is 5.28. The van der Waals surface area contributed by atoms with Crippen LogP contribution in [0.5, 0.6) is 0 Å². The van der Waals surface area contributed by atoms with Crippen LogP contribution in [0.25, 0.3) is 0 Å². The van der Waals surface area contributed by atoms with E-state index < -0.39 is 0 Å². The first-order chi connectivity index (χ1) is 10.2. The molecule has 2 unspecified atom stereocenters. The van der Waals surface area contributed by atoms with Crippen molar-refractivity contribution in [3.8, 4) is 0 Å². The molecule has 0 aliphatic heterocycles. The monoisotopic (exact) mass is 291 g/mol. The summed E-state index contributed by atoms with van der Waals surface area (Å²) in [4.78, 5) is 0. The van der Waals surface area contributed by atoms with Crippen LogP contribution in [0.3, 0.4) is 0 Å². The highest BCUT2D eigenvalue weighted by Crippen LogP contribution is 2.25. The minimum absolute atomic E-state index is 0.0341. The summed E-state index contributed by atoms with van der Waals surface area (Å²) in [6, 6.07) is 8.51. The highest BCUT2D eigenvalue weighted by atomic mass is 16.5. The standard InChI is InChI=1S/C19H33NO/c1-4-6-7-8-9-12-15-21-19(18(20)5-2)17-14-11-10-13-16(17)3/h10-11,13-14,18-19H,4-9,12,15,20H2,1-3H3. The molecule has 2 nitrogen and oxygen atoms in total. The fourth-order valence-electron chi connectivity index (χ4n) is 2.66. The SMILES string of the molecule is CCCCCCCCOC(c1ccccc1C)C(N)CC. The van der Waals surface area contributed by atoms with E-state index >= 15 is 0 Å². The van der Waals surface area contributed by atoms with Crippen molar-refractivity contribution >= 4 is 0 Å². The van der Waals surface area contributed by atoms with Gasteiger partial charge >= 0.3 is 0 Å². The lowest BCUT2D eigenvalue weighted by atomic mass is 9.97. The lowest BCUT2D eigenvalue weighted by Gasteiger charge is -2.25. The van der Waals surface area contributed by atoms with E-state index in [9.17, 15) is 0 Å². The number of unbranched alkanes of at least 4 members (excludes halogenated alkanes) is 5. The van der Waals surface area contributed by atoms with Gasteiger partial charge < -0.3 is 10.5 Å². The average molecular weight is 291 g/mol. The van der Waals surface area contributed by atoms with Crippen molar-refractivity contribution in [2.24, 2.45) is 5.73 Å². The number of benzene rings is 1. The lowest BCUT2D eigenvalue weighted by Crippen LogP contribution is -2.30. The fourth-order valence-corrected chi connectivity index (χ4v) is 2.66. The molecule has 0 aliphatic rings. The normalized spacial score (nSPS) is 14.1. The third-order valence-electron chi connectivity index (χ3n) is 4.15. The Kier molecular flexibility index (Phi) is 9.36. The van der Waals surface area contributed by atoms with Gasteiger partial charge in [-0.25, -0.2) is 0 Å². The van der Waals surface area contributed by atoms with Crippen LogP contribution >= 0.6 is 0 Å². The Morgan fingerprint density at radius 3 is 2.33 bits per heavy atom. The summed E-state index contributed by atoms with van der Waals surface area (Å²) in [5, 5.41) is 0. The molecule has 0 aliphatic carbocycles. The molecule has 0 heterocycles. The van der Waals surface area contributed by atoms with Crippen molar-refractivity contribution in [1.82, 2.24) is 0 Å². The predicted octanol–water partition coefficient (Wildman–Crippen LogP) is 5.15. The number of hydrogen-bond donors (Lipinski definition) is 1. The first-order valence-corrected chi connectivity index (χ1v) is 8.63. The van der Waals surface area contributed by atoms with E-state index in [4.69, 9.17) is 10.5 Å². The summed E-state index contributed by atoms with van der Waals surface area (Å²) in [5.41, 5.74) is 8.79.